The SMILES string of the molecule is CCOC(=O)c1cc2nn(C3CCCCC3)cc2cc1[N+](=O)[O-]. The molecule has 0 radical (unpaired) electrons. The number of rotatable bonds is 4. The van der Waals surface area contributed by atoms with Crippen LogP contribution in [0.25, 0.3) is 10.9 Å². The fourth-order valence-corrected chi connectivity index (χ4v) is 3.13. The molecule has 2 aromatic rings. The van der Waals surface area contributed by atoms with E-state index in [-0.39, 0.29) is 17.9 Å². The van der Waals surface area contributed by atoms with Gasteiger partial charge in [-0.1, -0.05) is 19.3 Å². The third kappa shape index (κ3) is 3.04. The van der Waals surface area contributed by atoms with Gasteiger partial charge in [0.25, 0.3) is 5.69 Å². The molecule has 1 saturated carbocycles. The molecule has 1 aliphatic carbocycles. The first-order valence-electron chi connectivity index (χ1n) is 7.94. The summed E-state index contributed by atoms with van der Waals surface area (Å²) in [6.07, 6.45) is 7.58. The highest BCUT2D eigenvalue weighted by Crippen LogP contribution is 2.31. The predicted molar refractivity (Wildman–Crippen MR) is 84.5 cm³/mol. The second-order valence-electron chi connectivity index (χ2n) is 5.81. The monoisotopic (exact) mass is 317 g/mol. The zero-order valence-electron chi connectivity index (χ0n) is 13.0. The van der Waals surface area contributed by atoms with Crippen molar-refractivity contribution in [2.75, 3.05) is 6.61 Å². The molecule has 7 nitrogen and oxygen atoms in total. The van der Waals surface area contributed by atoms with Crippen molar-refractivity contribution in [1.29, 1.82) is 0 Å². The third-order valence-electron chi connectivity index (χ3n) is 4.28. The number of aromatic nitrogens is 2. The number of hydrogen-bond acceptors (Lipinski definition) is 5. The van der Waals surface area contributed by atoms with Gasteiger partial charge in [-0.25, -0.2) is 4.79 Å². The van der Waals surface area contributed by atoms with Crippen LogP contribution >= 0.6 is 0 Å². The Kier molecular flexibility index (Phi) is 4.27. The second kappa shape index (κ2) is 6.36. The molecule has 1 fully saturated rings. The summed E-state index contributed by atoms with van der Waals surface area (Å²) in [5.41, 5.74) is 0.307. The zero-order chi connectivity index (χ0) is 16.4. The first kappa shape index (κ1) is 15.5. The van der Waals surface area contributed by atoms with Crippen molar-refractivity contribution < 1.29 is 14.5 Å². The Morgan fingerprint density at radius 2 is 2.13 bits per heavy atom. The summed E-state index contributed by atoms with van der Waals surface area (Å²) in [6.45, 7) is 1.84. The van der Waals surface area contributed by atoms with Crippen LogP contribution in [0.3, 0.4) is 0 Å². The average Bonchev–Trinajstić information content (AvgIpc) is 2.97. The van der Waals surface area contributed by atoms with Crippen LogP contribution in [0, 0.1) is 10.1 Å². The molecule has 1 aromatic carbocycles. The Labute approximate surface area is 133 Å². The molecule has 122 valence electrons. The van der Waals surface area contributed by atoms with E-state index in [4.69, 9.17) is 4.74 Å². The highest BCUT2D eigenvalue weighted by atomic mass is 16.6. The number of nitro benzene ring substituents is 1. The Bertz CT molecular complexity index is 747. The molecule has 0 atom stereocenters. The minimum atomic E-state index is -0.687. The second-order valence-corrected chi connectivity index (χ2v) is 5.81. The number of nitrogens with zero attached hydrogens (tertiary/aromatic N) is 3. The standard InChI is InChI=1S/C16H19N3O4/c1-2-23-16(20)13-9-14-11(8-15(13)19(21)22)10-18(17-14)12-6-4-3-5-7-12/h8-10,12H,2-7H2,1H3. The number of nitro groups is 1. The van der Waals surface area contributed by atoms with Gasteiger partial charge in [-0.15, -0.1) is 0 Å². The van der Waals surface area contributed by atoms with Crippen LogP contribution < -0.4 is 0 Å². The Balaban J connectivity index is 2.04. The minimum Gasteiger partial charge on any atom is -0.462 e. The third-order valence-corrected chi connectivity index (χ3v) is 4.28. The molecule has 23 heavy (non-hydrogen) atoms. The Morgan fingerprint density at radius 1 is 1.39 bits per heavy atom. The average molecular weight is 317 g/mol. The summed E-state index contributed by atoms with van der Waals surface area (Å²) >= 11 is 0. The van der Waals surface area contributed by atoms with E-state index in [1.165, 1.54) is 31.4 Å². The number of benzene rings is 1. The van der Waals surface area contributed by atoms with E-state index < -0.39 is 10.9 Å². The van der Waals surface area contributed by atoms with E-state index in [9.17, 15) is 14.9 Å². The van der Waals surface area contributed by atoms with E-state index >= 15 is 0 Å². The van der Waals surface area contributed by atoms with Gasteiger partial charge in [-0.05, 0) is 25.8 Å². The molecule has 0 aliphatic heterocycles. The topological polar surface area (TPSA) is 87.3 Å². The summed E-state index contributed by atoms with van der Waals surface area (Å²) in [6, 6.07) is 3.21. The number of hydrogen-bond donors (Lipinski definition) is 0. The molecule has 0 N–H and O–H groups in total. The molecule has 3 rings (SSSR count). The van der Waals surface area contributed by atoms with Crippen molar-refractivity contribution in [2.45, 2.75) is 45.1 Å². The van der Waals surface area contributed by atoms with Gasteiger partial charge in [0.15, 0.2) is 0 Å². The van der Waals surface area contributed by atoms with E-state index in [2.05, 4.69) is 5.10 Å². The molecule has 1 aromatic heterocycles. The Morgan fingerprint density at radius 3 is 2.78 bits per heavy atom. The van der Waals surface area contributed by atoms with Crippen LogP contribution in [0.2, 0.25) is 0 Å². The molecule has 0 spiro atoms. The van der Waals surface area contributed by atoms with Gasteiger partial charge in [0.2, 0.25) is 0 Å². The maximum atomic E-state index is 12.0. The number of fused-ring (bicyclic) bond motifs is 1. The van der Waals surface area contributed by atoms with Crippen LogP contribution in [0.4, 0.5) is 5.69 Å². The first-order chi connectivity index (χ1) is 11.1. The van der Waals surface area contributed by atoms with Crippen LogP contribution in [-0.4, -0.2) is 27.3 Å². The first-order valence-corrected chi connectivity index (χ1v) is 7.94. The highest BCUT2D eigenvalue weighted by Gasteiger charge is 2.24. The number of carbonyl (C=O) groups excluding carboxylic acids is 1. The van der Waals surface area contributed by atoms with Gasteiger partial charge in [-0.2, -0.15) is 5.10 Å². The molecule has 0 saturated heterocycles. The van der Waals surface area contributed by atoms with Crippen LogP contribution in [0.1, 0.15) is 55.4 Å². The zero-order valence-corrected chi connectivity index (χ0v) is 13.0. The molecule has 0 amide bonds. The van der Waals surface area contributed by atoms with Crippen molar-refractivity contribution in [2.24, 2.45) is 0 Å². The van der Waals surface area contributed by atoms with Gasteiger partial charge in [0, 0.05) is 17.6 Å². The molecule has 0 bridgehead atoms. The quantitative estimate of drug-likeness (QED) is 0.488. The molecular formula is C16H19N3O4. The lowest BCUT2D eigenvalue weighted by Gasteiger charge is -2.21. The number of ether oxygens (including phenoxy) is 1. The summed E-state index contributed by atoms with van der Waals surface area (Å²) in [5.74, 6) is -0.687. The minimum absolute atomic E-state index is 0.0433. The molecule has 1 heterocycles. The largest absolute Gasteiger partial charge is 0.462 e. The van der Waals surface area contributed by atoms with Gasteiger partial charge in [0.05, 0.1) is 23.1 Å². The highest BCUT2D eigenvalue weighted by molar-refractivity contribution is 5.99. The molecule has 0 unspecified atom stereocenters. The maximum Gasteiger partial charge on any atom is 0.345 e. The summed E-state index contributed by atoms with van der Waals surface area (Å²) in [7, 11) is 0. The van der Waals surface area contributed by atoms with Gasteiger partial charge < -0.3 is 4.74 Å². The lowest BCUT2D eigenvalue weighted by atomic mass is 9.96. The molecular weight excluding hydrogens is 298 g/mol. The number of esters is 1. The van der Waals surface area contributed by atoms with E-state index in [0.29, 0.717) is 16.9 Å². The van der Waals surface area contributed by atoms with Gasteiger partial charge in [-0.3, -0.25) is 14.8 Å². The van der Waals surface area contributed by atoms with Crippen LogP contribution in [0.5, 0.6) is 0 Å². The van der Waals surface area contributed by atoms with Crippen molar-refractivity contribution in [3.63, 3.8) is 0 Å². The maximum absolute atomic E-state index is 12.0. The predicted octanol–water partition coefficient (Wildman–Crippen LogP) is 3.63. The van der Waals surface area contributed by atoms with E-state index in [0.717, 1.165) is 12.8 Å². The van der Waals surface area contributed by atoms with Crippen LogP contribution in [-0.2, 0) is 4.74 Å². The van der Waals surface area contributed by atoms with E-state index in [1.54, 1.807) is 6.92 Å². The van der Waals surface area contributed by atoms with Crippen molar-refractivity contribution in [1.82, 2.24) is 9.78 Å². The van der Waals surface area contributed by atoms with E-state index in [1.807, 2.05) is 10.9 Å². The smallest absolute Gasteiger partial charge is 0.345 e. The summed E-state index contributed by atoms with van der Waals surface area (Å²) in [4.78, 5) is 22.7. The molecule has 1 aliphatic rings. The fourth-order valence-electron chi connectivity index (χ4n) is 3.13. The Hall–Kier alpha value is -2.44. The van der Waals surface area contributed by atoms with Crippen LogP contribution in [0.15, 0.2) is 18.3 Å². The lowest BCUT2D eigenvalue weighted by Crippen LogP contribution is -2.12. The van der Waals surface area contributed by atoms with Crippen molar-refractivity contribution in [3.05, 3.63) is 34.0 Å². The summed E-state index contributed by atoms with van der Waals surface area (Å²) in [5, 5.41) is 16.5. The molecule has 7 heteroatoms. The normalized spacial score (nSPS) is 15.7. The fraction of sp³-hybridized carbons (Fsp3) is 0.500. The van der Waals surface area contributed by atoms with Gasteiger partial charge in [0.1, 0.15) is 5.56 Å². The van der Waals surface area contributed by atoms with Crippen molar-refractivity contribution >= 4 is 22.6 Å². The summed E-state index contributed by atoms with van der Waals surface area (Å²) < 4.78 is 6.80. The van der Waals surface area contributed by atoms with Crippen molar-refractivity contribution in [3.8, 4) is 0 Å². The van der Waals surface area contributed by atoms with Gasteiger partial charge >= 0.3 is 5.97 Å². The number of carbonyl (C=O) groups is 1. The lowest BCUT2D eigenvalue weighted by molar-refractivity contribution is -0.385.